The first-order valence-corrected chi connectivity index (χ1v) is 8.42. The number of anilines is 1. The molecule has 0 saturated carbocycles. The quantitative estimate of drug-likeness (QED) is 0.296. The number of nitrogens with two attached hydrogens (primary N) is 3. The van der Waals surface area contributed by atoms with E-state index in [9.17, 15) is 9.59 Å². The zero-order valence-electron chi connectivity index (χ0n) is 15.5. The molecule has 0 radical (unpaired) electrons. The van der Waals surface area contributed by atoms with Crippen molar-refractivity contribution in [3.8, 4) is 11.1 Å². The van der Waals surface area contributed by atoms with Gasteiger partial charge in [0.05, 0.1) is 5.70 Å². The summed E-state index contributed by atoms with van der Waals surface area (Å²) in [6, 6.07) is 12.4. The van der Waals surface area contributed by atoms with Gasteiger partial charge in [0.15, 0.2) is 0 Å². The van der Waals surface area contributed by atoms with Gasteiger partial charge in [-0.25, -0.2) is 0 Å². The van der Waals surface area contributed by atoms with Gasteiger partial charge in [0, 0.05) is 36.0 Å². The molecule has 0 spiro atoms. The molecule has 0 aliphatic carbocycles. The molecule has 0 aliphatic heterocycles. The van der Waals surface area contributed by atoms with Gasteiger partial charge in [-0.05, 0) is 18.1 Å². The lowest BCUT2D eigenvalue weighted by atomic mass is 9.97. The molecule has 0 unspecified atom stereocenters. The second kappa shape index (κ2) is 10.6. The number of amides is 1. The van der Waals surface area contributed by atoms with Gasteiger partial charge in [-0.2, -0.15) is 0 Å². The number of aliphatic hydroxyl groups excluding tert-OH is 1. The Hall–Kier alpha value is -3.32. The molecule has 27 heavy (non-hydrogen) atoms. The minimum atomic E-state index is -0.424. The van der Waals surface area contributed by atoms with Crippen LogP contribution >= 0.6 is 0 Å². The minimum Gasteiger partial charge on any atom is -0.400 e. The second-order valence-electron chi connectivity index (χ2n) is 5.59. The first-order chi connectivity index (χ1) is 13.0. The van der Waals surface area contributed by atoms with Gasteiger partial charge >= 0.3 is 0 Å². The molecule has 0 atom stereocenters. The molecule has 7 heteroatoms. The van der Waals surface area contributed by atoms with Crippen molar-refractivity contribution < 1.29 is 14.7 Å². The average Bonchev–Trinajstić information content (AvgIpc) is 2.72. The van der Waals surface area contributed by atoms with Crippen LogP contribution in [-0.4, -0.2) is 31.0 Å². The molecule has 0 bridgehead atoms. The molecular formula is C20H26N4O3. The number of hydrogen-bond acceptors (Lipinski definition) is 6. The summed E-state index contributed by atoms with van der Waals surface area (Å²) in [6.45, 7) is 2.46. The SMILES string of the molecule is CCCNC(=O)/C(N)=C(\N)c1cccc(-c2cccc(C=O)c2)c1N.CO. The Morgan fingerprint density at radius 1 is 1.15 bits per heavy atom. The highest BCUT2D eigenvalue weighted by Crippen LogP contribution is 2.31. The lowest BCUT2D eigenvalue weighted by Gasteiger charge is -2.14. The molecule has 7 nitrogen and oxygen atoms in total. The Labute approximate surface area is 158 Å². The van der Waals surface area contributed by atoms with Crippen LogP contribution in [0.4, 0.5) is 5.69 Å². The fourth-order valence-electron chi connectivity index (χ4n) is 2.43. The van der Waals surface area contributed by atoms with Gasteiger partial charge in [-0.1, -0.05) is 43.3 Å². The highest BCUT2D eigenvalue weighted by molar-refractivity contribution is 6.01. The van der Waals surface area contributed by atoms with Crippen molar-refractivity contribution in [3.63, 3.8) is 0 Å². The highest BCUT2D eigenvalue weighted by Gasteiger charge is 2.15. The lowest BCUT2D eigenvalue weighted by Crippen LogP contribution is -2.31. The van der Waals surface area contributed by atoms with Crippen LogP contribution in [0.5, 0.6) is 0 Å². The van der Waals surface area contributed by atoms with Crippen LogP contribution in [0.1, 0.15) is 29.3 Å². The first kappa shape index (κ1) is 21.7. The third-order valence-electron chi connectivity index (χ3n) is 3.80. The first-order valence-electron chi connectivity index (χ1n) is 8.42. The second-order valence-corrected chi connectivity index (χ2v) is 5.59. The number of aliphatic hydroxyl groups is 1. The van der Waals surface area contributed by atoms with Crippen LogP contribution in [0.2, 0.25) is 0 Å². The maximum absolute atomic E-state index is 12.0. The van der Waals surface area contributed by atoms with Gasteiger partial charge in [-0.3, -0.25) is 9.59 Å². The Bertz CT molecular complexity index is 832. The molecule has 144 valence electrons. The maximum atomic E-state index is 12.0. The van der Waals surface area contributed by atoms with E-state index in [4.69, 9.17) is 22.3 Å². The van der Waals surface area contributed by atoms with Crippen molar-refractivity contribution in [2.45, 2.75) is 13.3 Å². The summed E-state index contributed by atoms with van der Waals surface area (Å²) in [5.41, 5.74) is 21.2. The van der Waals surface area contributed by atoms with Crippen molar-refractivity contribution in [2.75, 3.05) is 19.4 Å². The fraction of sp³-hybridized carbons (Fsp3) is 0.200. The standard InChI is InChI=1S/C19H22N4O2.CH4O/c1-2-9-23-19(25)18(22)17(21)15-8-4-7-14(16(15)20)13-6-3-5-12(10-13)11-24;1-2/h3-8,10-11H,2,9,20-22H2,1H3,(H,23,25);2H,1H3/b18-17+;. The van der Waals surface area contributed by atoms with Crippen LogP contribution in [0.15, 0.2) is 48.2 Å². The molecular weight excluding hydrogens is 344 g/mol. The molecule has 0 aromatic heterocycles. The van der Waals surface area contributed by atoms with Gasteiger partial charge in [-0.15, -0.1) is 0 Å². The van der Waals surface area contributed by atoms with Crippen LogP contribution in [0.25, 0.3) is 16.8 Å². The third-order valence-corrected chi connectivity index (χ3v) is 3.80. The van der Waals surface area contributed by atoms with E-state index in [1.165, 1.54) is 0 Å². The summed E-state index contributed by atoms with van der Waals surface area (Å²) in [5, 5.41) is 9.68. The number of carbonyl (C=O) groups is 2. The summed E-state index contributed by atoms with van der Waals surface area (Å²) < 4.78 is 0. The predicted molar refractivity (Wildman–Crippen MR) is 108 cm³/mol. The summed E-state index contributed by atoms with van der Waals surface area (Å²) in [6.07, 6.45) is 1.57. The number of nitrogen functional groups attached to an aromatic ring is 1. The van der Waals surface area contributed by atoms with E-state index >= 15 is 0 Å². The Morgan fingerprint density at radius 2 is 1.81 bits per heavy atom. The molecule has 8 N–H and O–H groups in total. The van der Waals surface area contributed by atoms with Crippen molar-refractivity contribution in [1.29, 1.82) is 0 Å². The largest absolute Gasteiger partial charge is 0.400 e. The molecule has 0 fully saturated rings. The van der Waals surface area contributed by atoms with Crippen molar-refractivity contribution in [2.24, 2.45) is 11.5 Å². The minimum absolute atomic E-state index is 0.0704. The van der Waals surface area contributed by atoms with Crippen LogP contribution < -0.4 is 22.5 Å². The third kappa shape index (κ3) is 5.32. The Morgan fingerprint density at radius 3 is 2.44 bits per heavy atom. The van der Waals surface area contributed by atoms with E-state index < -0.39 is 5.91 Å². The van der Waals surface area contributed by atoms with Gasteiger partial charge in [0.1, 0.15) is 12.0 Å². The maximum Gasteiger partial charge on any atom is 0.269 e. The molecule has 0 aliphatic rings. The van der Waals surface area contributed by atoms with E-state index in [-0.39, 0.29) is 11.4 Å². The van der Waals surface area contributed by atoms with Crippen LogP contribution in [0, 0.1) is 0 Å². The zero-order valence-corrected chi connectivity index (χ0v) is 15.5. The highest BCUT2D eigenvalue weighted by atomic mass is 16.2. The van der Waals surface area contributed by atoms with Crippen LogP contribution in [0.3, 0.4) is 0 Å². The smallest absolute Gasteiger partial charge is 0.269 e. The zero-order chi connectivity index (χ0) is 20.4. The lowest BCUT2D eigenvalue weighted by molar-refractivity contribution is -0.117. The molecule has 2 rings (SSSR count). The van der Waals surface area contributed by atoms with E-state index in [0.717, 1.165) is 25.4 Å². The summed E-state index contributed by atoms with van der Waals surface area (Å²) >= 11 is 0. The number of carbonyl (C=O) groups excluding carboxylic acids is 2. The van der Waals surface area contributed by atoms with E-state index in [1.54, 1.807) is 30.3 Å². The van der Waals surface area contributed by atoms with E-state index in [2.05, 4.69) is 5.32 Å². The van der Waals surface area contributed by atoms with E-state index in [0.29, 0.717) is 28.9 Å². The normalized spacial score (nSPS) is 10.9. The number of aldehydes is 1. The average molecular weight is 370 g/mol. The monoisotopic (exact) mass is 370 g/mol. The Kier molecular flexibility index (Phi) is 8.55. The number of nitrogens with one attached hydrogen (secondary N) is 1. The summed E-state index contributed by atoms with van der Waals surface area (Å²) in [4.78, 5) is 23.0. The number of benzene rings is 2. The number of hydrogen-bond donors (Lipinski definition) is 5. The number of rotatable bonds is 6. The van der Waals surface area contributed by atoms with Crippen molar-refractivity contribution >= 4 is 23.6 Å². The van der Waals surface area contributed by atoms with Crippen molar-refractivity contribution in [3.05, 3.63) is 59.3 Å². The fourth-order valence-corrected chi connectivity index (χ4v) is 2.43. The number of para-hydroxylation sites is 1. The Balaban J connectivity index is 0.00000176. The van der Waals surface area contributed by atoms with E-state index in [1.807, 2.05) is 19.1 Å². The predicted octanol–water partition coefficient (Wildman–Crippen LogP) is 1.47. The molecule has 0 saturated heterocycles. The van der Waals surface area contributed by atoms with Crippen LogP contribution in [-0.2, 0) is 4.79 Å². The topological polar surface area (TPSA) is 144 Å². The molecule has 1 amide bonds. The van der Waals surface area contributed by atoms with Gasteiger partial charge in [0.25, 0.3) is 5.91 Å². The van der Waals surface area contributed by atoms with Gasteiger partial charge in [0.2, 0.25) is 0 Å². The van der Waals surface area contributed by atoms with Gasteiger partial charge < -0.3 is 27.6 Å². The summed E-state index contributed by atoms with van der Waals surface area (Å²) in [5.74, 6) is -0.424. The van der Waals surface area contributed by atoms with Crippen molar-refractivity contribution in [1.82, 2.24) is 5.32 Å². The molecule has 2 aromatic carbocycles. The summed E-state index contributed by atoms with van der Waals surface area (Å²) in [7, 11) is 1.00. The molecule has 2 aromatic rings. The molecule has 0 heterocycles.